The zero-order valence-corrected chi connectivity index (χ0v) is 14.2. The van der Waals surface area contributed by atoms with Gasteiger partial charge in [-0.2, -0.15) is 0 Å². The largest absolute Gasteiger partial charge is 0.477 e. The van der Waals surface area contributed by atoms with Gasteiger partial charge >= 0.3 is 5.97 Å². The van der Waals surface area contributed by atoms with E-state index in [-0.39, 0.29) is 10.8 Å². The Hall–Kier alpha value is -1.18. The van der Waals surface area contributed by atoms with Crippen molar-refractivity contribution in [1.82, 2.24) is 0 Å². The number of nitrogens with one attached hydrogen (secondary N) is 1. The van der Waals surface area contributed by atoms with Crippen molar-refractivity contribution in [1.29, 1.82) is 0 Å². The van der Waals surface area contributed by atoms with Crippen molar-refractivity contribution in [2.24, 2.45) is 0 Å². The Kier molecular flexibility index (Phi) is 4.62. The van der Waals surface area contributed by atoms with Crippen LogP contribution in [0.15, 0.2) is 33.2 Å². The molecule has 4 nitrogen and oxygen atoms in total. The van der Waals surface area contributed by atoms with E-state index < -0.39 is 5.97 Å². The van der Waals surface area contributed by atoms with Crippen molar-refractivity contribution in [2.75, 3.05) is 5.32 Å². The fourth-order valence-electron chi connectivity index (χ4n) is 1.63. The fraction of sp³-hybridized carbons (Fsp3) is 0.0769. The highest BCUT2D eigenvalue weighted by Gasteiger charge is 2.15. The Balaban J connectivity index is 2.23. The standard InChI is InChI=1S/C13H9Br2NO3S/c1-6-2-10(20-11(6)13(18)19)16-12(17)7-3-8(14)5-9(15)4-7/h2-5H,1H3,(H,16,17)(H,18,19). The van der Waals surface area contributed by atoms with Crippen LogP contribution in [0.5, 0.6) is 0 Å². The summed E-state index contributed by atoms with van der Waals surface area (Å²) in [4.78, 5) is 23.3. The number of anilines is 1. The van der Waals surface area contributed by atoms with Crippen molar-refractivity contribution in [3.05, 3.63) is 49.2 Å². The summed E-state index contributed by atoms with van der Waals surface area (Å²) in [5.74, 6) is -1.27. The quantitative estimate of drug-likeness (QED) is 0.769. The molecule has 0 aliphatic carbocycles. The predicted molar refractivity (Wildman–Crippen MR) is 85.8 cm³/mol. The average molecular weight is 419 g/mol. The Morgan fingerprint density at radius 2 is 1.75 bits per heavy atom. The first-order valence-corrected chi connectivity index (χ1v) is 7.88. The van der Waals surface area contributed by atoms with E-state index in [0.29, 0.717) is 16.1 Å². The topological polar surface area (TPSA) is 66.4 Å². The minimum Gasteiger partial charge on any atom is -0.477 e. The third-order valence-electron chi connectivity index (χ3n) is 2.47. The van der Waals surface area contributed by atoms with Gasteiger partial charge < -0.3 is 10.4 Å². The third-order valence-corrected chi connectivity index (χ3v) is 4.53. The molecule has 0 aliphatic rings. The molecule has 0 atom stereocenters. The Bertz CT molecular complexity index is 677. The number of thiophene rings is 1. The van der Waals surface area contributed by atoms with Crippen molar-refractivity contribution in [3.63, 3.8) is 0 Å². The molecule has 2 rings (SSSR count). The van der Waals surface area contributed by atoms with Crippen molar-refractivity contribution in [2.45, 2.75) is 6.92 Å². The van der Waals surface area contributed by atoms with E-state index in [2.05, 4.69) is 37.2 Å². The maximum Gasteiger partial charge on any atom is 0.346 e. The second-order valence-electron chi connectivity index (χ2n) is 4.04. The normalized spacial score (nSPS) is 10.3. The Morgan fingerprint density at radius 3 is 2.25 bits per heavy atom. The molecule has 2 N–H and O–H groups in total. The molecule has 0 fully saturated rings. The van der Waals surface area contributed by atoms with Crippen LogP contribution in [-0.4, -0.2) is 17.0 Å². The second-order valence-corrected chi connectivity index (χ2v) is 6.92. The van der Waals surface area contributed by atoms with Crippen molar-refractivity contribution < 1.29 is 14.7 Å². The van der Waals surface area contributed by atoms with Crippen LogP contribution in [0.3, 0.4) is 0 Å². The number of amides is 1. The first-order chi connectivity index (χ1) is 9.36. The fourth-order valence-corrected chi connectivity index (χ4v) is 3.83. The lowest BCUT2D eigenvalue weighted by molar-refractivity contribution is 0.0701. The molecular weight excluding hydrogens is 410 g/mol. The van der Waals surface area contributed by atoms with Gasteiger partial charge in [0.1, 0.15) is 4.88 Å². The van der Waals surface area contributed by atoms with Crippen LogP contribution in [0, 0.1) is 6.92 Å². The van der Waals surface area contributed by atoms with E-state index in [4.69, 9.17) is 5.11 Å². The summed E-state index contributed by atoms with van der Waals surface area (Å²) in [6, 6.07) is 6.87. The Labute approximate surface area is 136 Å². The molecular formula is C13H9Br2NO3S. The number of aromatic carboxylic acids is 1. The summed E-state index contributed by atoms with van der Waals surface area (Å²) in [6.45, 7) is 1.70. The monoisotopic (exact) mass is 417 g/mol. The number of benzene rings is 1. The number of hydrogen-bond donors (Lipinski definition) is 2. The van der Waals surface area contributed by atoms with Gasteiger partial charge in [-0.3, -0.25) is 4.79 Å². The van der Waals surface area contributed by atoms with Gasteiger partial charge in [-0.15, -0.1) is 11.3 Å². The minimum absolute atomic E-state index is 0.232. The van der Waals surface area contributed by atoms with E-state index in [0.717, 1.165) is 20.3 Å². The molecule has 1 aromatic carbocycles. The maximum absolute atomic E-state index is 12.1. The average Bonchev–Trinajstić information content (AvgIpc) is 2.69. The molecule has 0 aliphatic heterocycles. The molecule has 0 unspecified atom stereocenters. The summed E-state index contributed by atoms with van der Waals surface area (Å²) >= 11 is 7.68. The lowest BCUT2D eigenvalue weighted by Crippen LogP contribution is -2.10. The van der Waals surface area contributed by atoms with Gasteiger partial charge in [0.15, 0.2) is 0 Å². The van der Waals surface area contributed by atoms with E-state index in [9.17, 15) is 9.59 Å². The predicted octanol–water partition coefficient (Wildman–Crippen LogP) is 4.53. The first-order valence-electron chi connectivity index (χ1n) is 5.48. The zero-order valence-electron chi connectivity index (χ0n) is 10.2. The van der Waals surface area contributed by atoms with Gasteiger partial charge in [-0.1, -0.05) is 31.9 Å². The molecule has 0 saturated carbocycles. The molecule has 1 aromatic heterocycles. The van der Waals surface area contributed by atoms with Crippen LogP contribution < -0.4 is 5.32 Å². The maximum atomic E-state index is 12.1. The van der Waals surface area contributed by atoms with Crippen LogP contribution in [0.4, 0.5) is 5.00 Å². The van der Waals surface area contributed by atoms with E-state index >= 15 is 0 Å². The molecule has 104 valence electrons. The van der Waals surface area contributed by atoms with Gasteiger partial charge in [0.2, 0.25) is 0 Å². The van der Waals surface area contributed by atoms with E-state index in [1.165, 1.54) is 0 Å². The van der Waals surface area contributed by atoms with Crippen LogP contribution in [0.2, 0.25) is 0 Å². The molecule has 0 spiro atoms. The molecule has 2 aromatic rings. The molecule has 0 radical (unpaired) electrons. The van der Waals surface area contributed by atoms with Crippen LogP contribution in [-0.2, 0) is 0 Å². The summed E-state index contributed by atoms with van der Waals surface area (Å²) in [5.41, 5.74) is 1.11. The number of carboxylic acids is 1. The molecule has 1 heterocycles. The van der Waals surface area contributed by atoms with Crippen molar-refractivity contribution >= 4 is 60.1 Å². The van der Waals surface area contributed by atoms with Crippen LogP contribution in [0.1, 0.15) is 25.6 Å². The number of aryl methyl sites for hydroxylation is 1. The highest BCUT2D eigenvalue weighted by Crippen LogP contribution is 2.27. The summed E-state index contributed by atoms with van der Waals surface area (Å²) in [7, 11) is 0. The number of carboxylic acid groups (broad SMARTS) is 1. The summed E-state index contributed by atoms with van der Waals surface area (Å²) < 4.78 is 1.57. The first kappa shape index (κ1) is 15.2. The highest BCUT2D eigenvalue weighted by molar-refractivity contribution is 9.11. The van der Waals surface area contributed by atoms with Crippen molar-refractivity contribution in [3.8, 4) is 0 Å². The molecule has 20 heavy (non-hydrogen) atoms. The number of carbonyl (C=O) groups excluding carboxylic acids is 1. The SMILES string of the molecule is Cc1cc(NC(=O)c2cc(Br)cc(Br)c2)sc1C(=O)O. The second kappa shape index (κ2) is 6.07. The summed E-state index contributed by atoms with van der Waals surface area (Å²) in [5, 5.41) is 12.2. The Morgan fingerprint density at radius 1 is 1.15 bits per heavy atom. The van der Waals surface area contributed by atoms with Gasteiger partial charge in [-0.05, 0) is 36.8 Å². The molecule has 0 saturated heterocycles. The third kappa shape index (κ3) is 3.47. The highest BCUT2D eigenvalue weighted by atomic mass is 79.9. The van der Waals surface area contributed by atoms with Crippen LogP contribution >= 0.6 is 43.2 Å². The lowest BCUT2D eigenvalue weighted by atomic mass is 10.2. The van der Waals surface area contributed by atoms with E-state index in [1.54, 1.807) is 25.1 Å². The molecule has 7 heteroatoms. The number of carbonyl (C=O) groups is 2. The summed E-state index contributed by atoms with van der Waals surface area (Å²) in [6.07, 6.45) is 0. The molecule has 0 bridgehead atoms. The smallest absolute Gasteiger partial charge is 0.346 e. The van der Waals surface area contributed by atoms with Gasteiger partial charge in [-0.25, -0.2) is 4.79 Å². The number of hydrogen-bond acceptors (Lipinski definition) is 3. The molecule has 1 amide bonds. The number of rotatable bonds is 3. The lowest BCUT2D eigenvalue weighted by Gasteiger charge is -2.04. The number of halogens is 2. The van der Waals surface area contributed by atoms with E-state index in [1.807, 2.05) is 6.07 Å². The van der Waals surface area contributed by atoms with Crippen LogP contribution in [0.25, 0.3) is 0 Å². The van der Waals surface area contributed by atoms with Gasteiger partial charge in [0.25, 0.3) is 5.91 Å². The minimum atomic E-state index is -0.988. The van der Waals surface area contributed by atoms with Gasteiger partial charge in [0, 0.05) is 14.5 Å². The zero-order chi connectivity index (χ0) is 14.9. The van der Waals surface area contributed by atoms with Gasteiger partial charge in [0.05, 0.1) is 5.00 Å².